The molecular weight excluding hydrogens is 358 g/mol. The SMILES string of the molecule is COc1ccc(C(C)NC(=O)c2sc3ccc(Cl)cc3c2OC)cc1. The lowest BCUT2D eigenvalue weighted by atomic mass is 10.1. The van der Waals surface area contributed by atoms with Crippen LogP contribution in [0, 0.1) is 0 Å². The molecule has 2 aromatic carbocycles. The van der Waals surface area contributed by atoms with E-state index in [0.717, 1.165) is 21.4 Å². The fourth-order valence-corrected chi connectivity index (χ4v) is 3.86. The molecule has 25 heavy (non-hydrogen) atoms. The molecule has 0 bridgehead atoms. The van der Waals surface area contributed by atoms with Gasteiger partial charge in [0.2, 0.25) is 0 Å². The van der Waals surface area contributed by atoms with E-state index in [4.69, 9.17) is 21.1 Å². The van der Waals surface area contributed by atoms with Crippen molar-refractivity contribution in [2.75, 3.05) is 14.2 Å². The third kappa shape index (κ3) is 3.57. The molecule has 1 heterocycles. The molecule has 6 heteroatoms. The van der Waals surface area contributed by atoms with Crippen molar-refractivity contribution in [3.05, 3.63) is 57.9 Å². The van der Waals surface area contributed by atoms with Crippen molar-refractivity contribution in [2.24, 2.45) is 0 Å². The van der Waals surface area contributed by atoms with Crippen LogP contribution in [0.4, 0.5) is 0 Å². The summed E-state index contributed by atoms with van der Waals surface area (Å²) in [5.41, 5.74) is 0.997. The molecule has 1 N–H and O–H groups in total. The fraction of sp³-hybridized carbons (Fsp3) is 0.211. The van der Waals surface area contributed by atoms with Gasteiger partial charge in [-0.05, 0) is 42.8 Å². The number of ether oxygens (including phenoxy) is 2. The molecule has 0 aliphatic heterocycles. The van der Waals surface area contributed by atoms with Crippen molar-refractivity contribution in [2.45, 2.75) is 13.0 Å². The molecule has 1 aromatic heterocycles. The summed E-state index contributed by atoms with van der Waals surface area (Å²) >= 11 is 7.46. The lowest BCUT2D eigenvalue weighted by Crippen LogP contribution is -2.26. The number of methoxy groups -OCH3 is 2. The molecule has 4 nitrogen and oxygen atoms in total. The van der Waals surface area contributed by atoms with Crippen molar-refractivity contribution in [3.63, 3.8) is 0 Å². The molecule has 3 rings (SSSR count). The Labute approximate surface area is 155 Å². The molecular formula is C19H18ClNO3S. The van der Waals surface area contributed by atoms with Crippen LogP contribution in [0.25, 0.3) is 10.1 Å². The van der Waals surface area contributed by atoms with Gasteiger partial charge in [0.05, 0.1) is 20.3 Å². The van der Waals surface area contributed by atoms with E-state index in [-0.39, 0.29) is 11.9 Å². The Morgan fingerprint density at radius 1 is 1.12 bits per heavy atom. The normalized spacial score (nSPS) is 12.0. The number of hydrogen-bond acceptors (Lipinski definition) is 4. The van der Waals surface area contributed by atoms with E-state index < -0.39 is 0 Å². The number of hydrogen-bond donors (Lipinski definition) is 1. The maximum Gasteiger partial charge on any atom is 0.265 e. The second-order valence-electron chi connectivity index (χ2n) is 5.57. The van der Waals surface area contributed by atoms with Crippen molar-refractivity contribution in [3.8, 4) is 11.5 Å². The first-order chi connectivity index (χ1) is 12.0. The Hall–Kier alpha value is -2.24. The number of halogens is 1. The van der Waals surface area contributed by atoms with Crippen LogP contribution in [-0.2, 0) is 0 Å². The molecule has 0 saturated heterocycles. The molecule has 1 amide bonds. The summed E-state index contributed by atoms with van der Waals surface area (Å²) in [6, 6.07) is 13.0. The summed E-state index contributed by atoms with van der Waals surface area (Å²) in [6.45, 7) is 1.94. The zero-order valence-corrected chi connectivity index (χ0v) is 15.7. The quantitative estimate of drug-likeness (QED) is 0.677. The highest BCUT2D eigenvalue weighted by Crippen LogP contribution is 2.39. The van der Waals surface area contributed by atoms with Crippen LogP contribution in [0.3, 0.4) is 0 Å². The number of benzene rings is 2. The van der Waals surface area contributed by atoms with E-state index in [1.165, 1.54) is 11.3 Å². The van der Waals surface area contributed by atoms with Gasteiger partial charge in [0.15, 0.2) is 0 Å². The van der Waals surface area contributed by atoms with Gasteiger partial charge in [-0.15, -0.1) is 11.3 Å². The maximum absolute atomic E-state index is 12.7. The average Bonchev–Trinajstić information content (AvgIpc) is 2.99. The first kappa shape index (κ1) is 17.6. The molecule has 3 aromatic rings. The molecule has 0 radical (unpaired) electrons. The van der Waals surface area contributed by atoms with E-state index in [1.54, 1.807) is 14.2 Å². The molecule has 1 atom stereocenters. The zero-order chi connectivity index (χ0) is 18.0. The lowest BCUT2D eigenvalue weighted by molar-refractivity contribution is 0.0941. The van der Waals surface area contributed by atoms with Crippen LogP contribution in [0.15, 0.2) is 42.5 Å². The Morgan fingerprint density at radius 3 is 2.48 bits per heavy atom. The van der Waals surface area contributed by atoms with Crippen molar-refractivity contribution in [1.29, 1.82) is 0 Å². The summed E-state index contributed by atoms with van der Waals surface area (Å²) in [4.78, 5) is 13.3. The topological polar surface area (TPSA) is 47.6 Å². The number of amides is 1. The molecule has 0 spiro atoms. The van der Waals surface area contributed by atoms with Crippen molar-refractivity contribution >= 4 is 38.9 Å². The highest BCUT2D eigenvalue weighted by molar-refractivity contribution is 7.21. The maximum atomic E-state index is 12.7. The minimum Gasteiger partial charge on any atom is -0.497 e. The minimum atomic E-state index is -0.169. The molecule has 1 unspecified atom stereocenters. The first-order valence-corrected chi connectivity index (χ1v) is 8.93. The van der Waals surface area contributed by atoms with E-state index in [2.05, 4.69) is 5.32 Å². The van der Waals surface area contributed by atoms with E-state index in [1.807, 2.05) is 49.4 Å². The monoisotopic (exact) mass is 375 g/mol. The van der Waals surface area contributed by atoms with Crippen LogP contribution < -0.4 is 14.8 Å². The summed E-state index contributed by atoms with van der Waals surface area (Å²) < 4.78 is 11.6. The fourth-order valence-electron chi connectivity index (χ4n) is 2.64. The van der Waals surface area contributed by atoms with E-state index in [0.29, 0.717) is 15.6 Å². The summed E-state index contributed by atoms with van der Waals surface area (Å²) in [5.74, 6) is 1.17. The highest BCUT2D eigenvalue weighted by Gasteiger charge is 2.21. The largest absolute Gasteiger partial charge is 0.497 e. The van der Waals surface area contributed by atoms with Crippen LogP contribution in [0.5, 0.6) is 11.5 Å². The standard InChI is InChI=1S/C19H18ClNO3S/c1-11(12-4-7-14(23-2)8-5-12)21-19(22)18-17(24-3)15-10-13(20)6-9-16(15)25-18/h4-11H,1-3H3,(H,21,22). The number of fused-ring (bicyclic) bond motifs is 1. The third-order valence-electron chi connectivity index (χ3n) is 3.98. The summed E-state index contributed by atoms with van der Waals surface area (Å²) in [5, 5.41) is 4.48. The van der Waals surface area contributed by atoms with Gasteiger partial charge in [-0.25, -0.2) is 0 Å². The average molecular weight is 376 g/mol. The summed E-state index contributed by atoms with van der Waals surface area (Å²) in [7, 11) is 3.19. The second-order valence-corrected chi connectivity index (χ2v) is 7.06. The smallest absolute Gasteiger partial charge is 0.265 e. The number of carbonyl (C=O) groups is 1. The zero-order valence-electron chi connectivity index (χ0n) is 14.1. The van der Waals surface area contributed by atoms with E-state index >= 15 is 0 Å². The van der Waals surface area contributed by atoms with Gasteiger partial charge in [-0.3, -0.25) is 4.79 Å². The van der Waals surface area contributed by atoms with Crippen molar-refractivity contribution in [1.82, 2.24) is 5.32 Å². The van der Waals surface area contributed by atoms with Crippen LogP contribution in [-0.4, -0.2) is 20.1 Å². The Morgan fingerprint density at radius 2 is 1.84 bits per heavy atom. The summed E-state index contributed by atoms with van der Waals surface area (Å²) in [6.07, 6.45) is 0. The molecule has 0 fully saturated rings. The van der Waals surface area contributed by atoms with Gasteiger partial charge in [0.25, 0.3) is 5.91 Å². The second kappa shape index (κ2) is 7.33. The van der Waals surface area contributed by atoms with Gasteiger partial charge in [0, 0.05) is 15.1 Å². The number of thiophene rings is 1. The predicted molar refractivity (Wildman–Crippen MR) is 102 cm³/mol. The highest BCUT2D eigenvalue weighted by atomic mass is 35.5. The van der Waals surface area contributed by atoms with Gasteiger partial charge >= 0.3 is 0 Å². The molecule has 0 aliphatic carbocycles. The van der Waals surface area contributed by atoms with Gasteiger partial charge in [0.1, 0.15) is 16.4 Å². The van der Waals surface area contributed by atoms with Crippen LogP contribution in [0.1, 0.15) is 28.2 Å². The Kier molecular flexibility index (Phi) is 5.16. The number of carbonyl (C=O) groups excluding carboxylic acids is 1. The van der Waals surface area contributed by atoms with Crippen LogP contribution in [0.2, 0.25) is 5.02 Å². The number of nitrogens with one attached hydrogen (secondary N) is 1. The predicted octanol–water partition coefficient (Wildman–Crippen LogP) is 5.06. The molecule has 0 aliphatic rings. The van der Waals surface area contributed by atoms with Crippen LogP contribution >= 0.6 is 22.9 Å². The third-order valence-corrected chi connectivity index (χ3v) is 5.36. The molecule has 0 saturated carbocycles. The number of rotatable bonds is 5. The van der Waals surface area contributed by atoms with Gasteiger partial charge < -0.3 is 14.8 Å². The van der Waals surface area contributed by atoms with E-state index in [9.17, 15) is 4.79 Å². The van der Waals surface area contributed by atoms with Gasteiger partial charge in [-0.2, -0.15) is 0 Å². The lowest BCUT2D eigenvalue weighted by Gasteiger charge is -2.14. The van der Waals surface area contributed by atoms with Crippen molar-refractivity contribution < 1.29 is 14.3 Å². The Balaban J connectivity index is 1.86. The van der Waals surface area contributed by atoms with Gasteiger partial charge in [-0.1, -0.05) is 23.7 Å². The minimum absolute atomic E-state index is 0.142. The molecule has 130 valence electrons. The Bertz CT molecular complexity index is 905. The first-order valence-electron chi connectivity index (χ1n) is 7.74.